The minimum atomic E-state index is -4.21. The van der Waals surface area contributed by atoms with Crippen molar-refractivity contribution in [3.8, 4) is 5.88 Å². The molecule has 2 aromatic rings. The highest BCUT2D eigenvalue weighted by Crippen LogP contribution is 2.46. The van der Waals surface area contributed by atoms with Gasteiger partial charge in [-0.1, -0.05) is 32.5 Å². The van der Waals surface area contributed by atoms with E-state index in [2.05, 4.69) is 20.0 Å². The number of hydrogen-bond donors (Lipinski definition) is 3. The van der Waals surface area contributed by atoms with Crippen molar-refractivity contribution in [2.24, 2.45) is 17.1 Å². The molecule has 0 spiro atoms. The molecule has 1 aliphatic heterocycles. The van der Waals surface area contributed by atoms with Gasteiger partial charge in [-0.3, -0.25) is 27.6 Å². The number of fused-ring (bicyclic) bond motifs is 1. The normalized spacial score (nSPS) is 22.7. The number of hydrogen-bond acceptors (Lipinski definition) is 14. The first kappa shape index (κ1) is 36.1. The van der Waals surface area contributed by atoms with Gasteiger partial charge >= 0.3 is 13.7 Å². The summed E-state index contributed by atoms with van der Waals surface area (Å²) in [5, 5.41) is 2.50. The number of alkyl halides is 1. The number of carbonyl (C=O) groups excluding carboxylic acids is 2. The molecule has 0 aromatic carbocycles. The second kappa shape index (κ2) is 15.3. The van der Waals surface area contributed by atoms with Crippen LogP contribution >= 0.6 is 19.5 Å². The van der Waals surface area contributed by atoms with E-state index in [1.165, 1.54) is 17.8 Å². The lowest BCUT2D eigenvalue weighted by molar-refractivity contribution is -0.149. The summed E-state index contributed by atoms with van der Waals surface area (Å²) in [6, 6.07) is -1.96. The van der Waals surface area contributed by atoms with E-state index in [0.29, 0.717) is 12.1 Å². The van der Waals surface area contributed by atoms with Gasteiger partial charge in [0.1, 0.15) is 6.04 Å². The molecule has 2 aromatic heterocycles. The van der Waals surface area contributed by atoms with E-state index >= 15 is 0 Å². The largest absolute Gasteiger partial charge is 0.476 e. The van der Waals surface area contributed by atoms with Crippen LogP contribution in [-0.2, 0) is 32.7 Å². The number of anilines is 1. The standard InChI is InChI=1S/C26H43FN7O8PS/c1-8-38-21-19-20(31-25(29)32-21)34(13-30-19)22-18(28)16(11-27)17(42-22)12-40-43(37,33-15(4)23(35)41-14(2)3)39-9-10-44-24(36)26(5,6)7/h13-18,22H,8-12,28H2,1-7H3,(H,33,37)(H2,29,31,32)/t15-,16+,17+,18+,22+,43?/m0/s1. The molecule has 248 valence electrons. The van der Waals surface area contributed by atoms with Crippen molar-refractivity contribution in [1.82, 2.24) is 24.6 Å². The maximum Gasteiger partial charge on any atom is 0.406 e. The number of nitrogens with zero attached hydrogens (tertiary/aromatic N) is 4. The molecule has 0 amide bonds. The molecule has 1 saturated heterocycles. The van der Waals surface area contributed by atoms with Crippen molar-refractivity contribution in [3.63, 3.8) is 0 Å². The van der Waals surface area contributed by atoms with Gasteiger partial charge in [-0.2, -0.15) is 9.97 Å². The fourth-order valence-electron chi connectivity index (χ4n) is 4.19. The first-order valence-electron chi connectivity index (χ1n) is 14.2. The summed E-state index contributed by atoms with van der Waals surface area (Å²) < 4.78 is 57.7. The first-order valence-corrected chi connectivity index (χ1v) is 16.8. The highest BCUT2D eigenvalue weighted by molar-refractivity contribution is 8.13. The number of nitrogen functional groups attached to an aromatic ring is 1. The second-order valence-corrected chi connectivity index (χ2v) is 14.3. The predicted octanol–water partition coefficient (Wildman–Crippen LogP) is 2.99. The summed E-state index contributed by atoms with van der Waals surface area (Å²) in [6.07, 6.45) is -0.908. The summed E-state index contributed by atoms with van der Waals surface area (Å²) in [5.41, 5.74) is 12.3. The van der Waals surface area contributed by atoms with Gasteiger partial charge in [0.15, 0.2) is 22.5 Å². The molecule has 44 heavy (non-hydrogen) atoms. The lowest BCUT2D eigenvalue weighted by atomic mass is 9.98. The SMILES string of the molecule is CCOc1nc(N)nc2c1ncn2[C@@H]1O[C@H](COP(=O)(N[C@@H](C)C(=O)OC(C)C)OCCSC(=O)C(C)(C)C)[C@@H](CF)[C@H]1N. The number of thioether (sulfide) groups is 1. The van der Waals surface area contributed by atoms with Gasteiger partial charge in [-0.15, -0.1) is 0 Å². The zero-order chi connectivity index (χ0) is 32.8. The van der Waals surface area contributed by atoms with Crippen LogP contribution < -0.4 is 21.3 Å². The van der Waals surface area contributed by atoms with E-state index in [0.717, 1.165) is 11.8 Å². The van der Waals surface area contributed by atoms with Gasteiger partial charge in [0.2, 0.25) is 11.8 Å². The van der Waals surface area contributed by atoms with Crippen molar-refractivity contribution >= 4 is 47.7 Å². The molecule has 0 aliphatic carbocycles. The highest BCUT2D eigenvalue weighted by atomic mass is 32.2. The number of imidazole rings is 1. The van der Waals surface area contributed by atoms with E-state index in [1.807, 2.05) is 0 Å². The van der Waals surface area contributed by atoms with Crippen LogP contribution in [0, 0.1) is 11.3 Å². The topological polar surface area (TPSA) is 205 Å². The number of ether oxygens (including phenoxy) is 3. The summed E-state index contributed by atoms with van der Waals surface area (Å²) in [7, 11) is -4.21. The highest BCUT2D eigenvalue weighted by Gasteiger charge is 2.45. The van der Waals surface area contributed by atoms with Crippen molar-refractivity contribution in [2.75, 3.05) is 38.0 Å². The van der Waals surface area contributed by atoms with Crippen LogP contribution in [0.3, 0.4) is 0 Å². The Balaban J connectivity index is 1.78. The van der Waals surface area contributed by atoms with Crippen LogP contribution in [0.5, 0.6) is 5.88 Å². The molecule has 1 aliphatic rings. The molecule has 3 rings (SSSR count). The van der Waals surface area contributed by atoms with Crippen LogP contribution in [0.15, 0.2) is 6.33 Å². The summed E-state index contributed by atoms with van der Waals surface area (Å²) >= 11 is 1.02. The number of rotatable bonds is 15. The quantitative estimate of drug-likeness (QED) is 0.142. The van der Waals surface area contributed by atoms with E-state index < -0.39 is 68.8 Å². The monoisotopic (exact) mass is 663 g/mol. The van der Waals surface area contributed by atoms with Crippen LogP contribution in [-0.4, -0.2) is 87.1 Å². The molecule has 3 heterocycles. The van der Waals surface area contributed by atoms with E-state index in [4.69, 9.17) is 34.7 Å². The molecule has 0 bridgehead atoms. The number of esters is 1. The molecular weight excluding hydrogens is 620 g/mol. The van der Waals surface area contributed by atoms with Crippen molar-refractivity contribution in [3.05, 3.63) is 6.33 Å². The summed E-state index contributed by atoms with van der Waals surface area (Å²) in [6.45, 7) is 10.8. The minimum Gasteiger partial charge on any atom is -0.476 e. The van der Waals surface area contributed by atoms with Crippen molar-refractivity contribution in [1.29, 1.82) is 0 Å². The molecule has 5 N–H and O–H groups in total. The Morgan fingerprint density at radius 3 is 2.57 bits per heavy atom. The Morgan fingerprint density at radius 2 is 1.95 bits per heavy atom. The molecule has 0 radical (unpaired) electrons. The first-order chi connectivity index (χ1) is 20.6. The lowest BCUT2D eigenvalue weighted by Gasteiger charge is -2.25. The number of carbonyl (C=O) groups is 2. The maximum atomic E-state index is 14.3. The average Bonchev–Trinajstić information content (AvgIpc) is 3.49. The molecule has 15 nitrogen and oxygen atoms in total. The smallest absolute Gasteiger partial charge is 0.406 e. The van der Waals surface area contributed by atoms with Gasteiger partial charge in [0.25, 0.3) is 0 Å². The minimum absolute atomic E-state index is 0.0622. The third-order valence-corrected chi connectivity index (χ3v) is 9.37. The molecule has 1 fully saturated rings. The molecule has 18 heteroatoms. The zero-order valence-corrected chi connectivity index (χ0v) is 27.7. The molecule has 6 atom stereocenters. The number of nitrogens with two attached hydrogens (primary N) is 2. The van der Waals surface area contributed by atoms with Crippen LogP contribution in [0.25, 0.3) is 11.2 Å². The number of aromatic nitrogens is 4. The third kappa shape index (κ3) is 9.08. The Morgan fingerprint density at radius 1 is 1.25 bits per heavy atom. The Kier molecular flexibility index (Phi) is 12.5. The van der Waals surface area contributed by atoms with Gasteiger partial charge < -0.3 is 25.7 Å². The fourth-order valence-corrected chi connectivity index (χ4v) is 6.58. The van der Waals surface area contributed by atoms with Crippen molar-refractivity contribution < 1.29 is 41.8 Å². The summed E-state index contributed by atoms with van der Waals surface area (Å²) in [5.74, 6) is -1.25. The molecular formula is C26H43FN7O8PS. The van der Waals surface area contributed by atoms with E-state index in [-0.39, 0.29) is 35.0 Å². The number of halogens is 1. The zero-order valence-electron chi connectivity index (χ0n) is 26.0. The Bertz CT molecular complexity index is 1340. The van der Waals surface area contributed by atoms with Gasteiger partial charge in [-0.05, 0) is 27.7 Å². The Labute approximate surface area is 260 Å². The predicted molar refractivity (Wildman–Crippen MR) is 163 cm³/mol. The fraction of sp³-hybridized carbons (Fsp3) is 0.731. The van der Waals surface area contributed by atoms with Crippen LogP contribution in [0.4, 0.5) is 10.3 Å². The van der Waals surface area contributed by atoms with Crippen LogP contribution in [0.2, 0.25) is 0 Å². The van der Waals surface area contributed by atoms with Gasteiger partial charge in [-0.25, -0.2) is 14.6 Å². The van der Waals surface area contributed by atoms with E-state index in [1.54, 1.807) is 41.5 Å². The average molecular weight is 664 g/mol. The van der Waals surface area contributed by atoms with Gasteiger partial charge in [0.05, 0.1) is 51.1 Å². The Hall–Kier alpha value is -2.40. The molecule has 0 saturated carbocycles. The molecule has 1 unspecified atom stereocenters. The number of nitrogens with one attached hydrogen (secondary N) is 1. The van der Waals surface area contributed by atoms with Crippen LogP contribution in [0.1, 0.15) is 54.7 Å². The lowest BCUT2D eigenvalue weighted by Crippen LogP contribution is -2.38. The summed E-state index contributed by atoms with van der Waals surface area (Å²) in [4.78, 5) is 37.3. The third-order valence-electron chi connectivity index (χ3n) is 6.41. The van der Waals surface area contributed by atoms with Crippen molar-refractivity contribution in [2.45, 2.75) is 79.0 Å². The maximum absolute atomic E-state index is 14.3. The second-order valence-electron chi connectivity index (χ2n) is 11.5. The van der Waals surface area contributed by atoms with Gasteiger partial charge in [0, 0.05) is 17.1 Å². The van der Waals surface area contributed by atoms with E-state index in [9.17, 15) is 18.5 Å².